The van der Waals surface area contributed by atoms with E-state index < -0.39 is 0 Å². The van der Waals surface area contributed by atoms with E-state index in [9.17, 15) is 0 Å². The van der Waals surface area contributed by atoms with Crippen molar-refractivity contribution in [3.63, 3.8) is 0 Å². The van der Waals surface area contributed by atoms with Gasteiger partial charge < -0.3 is 16.2 Å². The van der Waals surface area contributed by atoms with Crippen LogP contribution in [0.25, 0.3) is 0 Å². The number of nitrogens with one attached hydrogen (secondary N) is 1. The maximum atomic E-state index is 5.64. The quantitative estimate of drug-likeness (QED) is 0.643. The van der Waals surface area contributed by atoms with Gasteiger partial charge >= 0.3 is 0 Å². The molecule has 1 aliphatic rings. The molecule has 0 radical (unpaired) electrons. The van der Waals surface area contributed by atoms with Gasteiger partial charge in [-0.25, -0.2) is 0 Å². The van der Waals surface area contributed by atoms with Gasteiger partial charge in [0.25, 0.3) is 0 Å². The molecular weight excluding hydrogens is 188 g/mol. The van der Waals surface area contributed by atoms with Gasteiger partial charge in [0.1, 0.15) is 0 Å². The van der Waals surface area contributed by atoms with Crippen LogP contribution < -0.4 is 11.5 Å². The maximum Gasteiger partial charge on any atom is 0.0700 e. The summed E-state index contributed by atoms with van der Waals surface area (Å²) < 4.78 is 5.64. The molecule has 0 aliphatic carbocycles. The third kappa shape index (κ3) is 7.77. The average Bonchev–Trinajstić information content (AvgIpc) is 2.25. The first-order chi connectivity index (χ1) is 6.93. The van der Waals surface area contributed by atoms with E-state index in [0.29, 0.717) is 6.10 Å². The highest BCUT2D eigenvalue weighted by atomic mass is 16.5. The topological polar surface area (TPSA) is 56.3 Å². The zero-order valence-electron chi connectivity index (χ0n) is 10.3. The van der Waals surface area contributed by atoms with E-state index >= 15 is 0 Å². The summed E-state index contributed by atoms with van der Waals surface area (Å²) in [5.41, 5.74) is 0. The van der Waals surface area contributed by atoms with Crippen molar-refractivity contribution < 1.29 is 4.74 Å². The standard InChI is InChI=1S/C12H25NO.H3N/c1-2-3-4-5-6-7-8-12-11-13-9-10-14-12;/h12-13H,2-11H2,1H3;1H3. The molecule has 15 heavy (non-hydrogen) atoms. The Hall–Kier alpha value is -0.120. The Morgan fingerprint density at radius 3 is 2.53 bits per heavy atom. The Morgan fingerprint density at radius 2 is 1.87 bits per heavy atom. The molecule has 0 bridgehead atoms. The zero-order chi connectivity index (χ0) is 10.1. The Balaban J connectivity index is 0.00000196. The van der Waals surface area contributed by atoms with Gasteiger partial charge in [0, 0.05) is 13.1 Å². The van der Waals surface area contributed by atoms with Crippen molar-refractivity contribution in [2.24, 2.45) is 0 Å². The fourth-order valence-electron chi connectivity index (χ4n) is 1.96. The van der Waals surface area contributed by atoms with E-state index in [1.54, 1.807) is 0 Å². The number of rotatable bonds is 7. The van der Waals surface area contributed by atoms with E-state index in [0.717, 1.165) is 19.7 Å². The van der Waals surface area contributed by atoms with Gasteiger partial charge in [0.2, 0.25) is 0 Å². The Labute approximate surface area is 94.5 Å². The summed E-state index contributed by atoms with van der Waals surface area (Å²) in [4.78, 5) is 0. The van der Waals surface area contributed by atoms with Crippen LogP contribution in [0.1, 0.15) is 51.9 Å². The molecule has 1 rings (SSSR count). The molecule has 0 aromatic rings. The minimum absolute atomic E-state index is 0. The van der Waals surface area contributed by atoms with Crippen molar-refractivity contribution in [2.45, 2.75) is 58.0 Å². The van der Waals surface area contributed by atoms with Crippen LogP contribution in [0.5, 0.6) is 0 Å². The summed E-state index contributed by atoms with van der Waals surface area (Å²) in [5.74, 6) is 0. The lowest BCUT2D eigenvalue weighted by molar-refractivity contribution is 0.0220. The second-order valence-corrected chi connectivity index (χ2v) is 4.25. The van der Waals surface area contributed by atoms with E-state index in [-0.39, 0.29) is 6.15 Å². The van der Waals surface area contributed by atoms with Crippen LogP contribution in [0, 0.1) is 0 Å². The monoisotopic (exact) mass is 216 g/mol. The molecule has 92 valence electrons. The minimum atomic E-state index is 0. The van der Waals surface area contributed by atoms with Crippen LogP contribution in [0.4, 0.5) is 0 Å². The normalized spacial score (nSPS) is 21.0. The Morgan fingerprint density at radius 1 is 1.13 bits per heavy atom. The molecule has 1 aliphatic heterocycles. The van der Waals surface area contributed by atoms with Crippen molar-refractivity contribution in [1.82, 2.24) is 11.5 Å². The van der Waals surface area contributed by atoms with E-state index in [2.05, 4.69) is 12.2 Å². The molecule has 0 aromatic heterocycles. The first-order valence-corrected chi connectivity index (χ1v) is 6.26. The predicted molar refractivity (Wildman–Crippen MR) is 65.6 cm³/mol. The molecule has 0 aromatic carbocycles. The van der Waals surface area contributed by atoms with Crippen molar-refractivity contribution in [3.8, 4) is 0 Å². The van der Waals surface area contributed by atoms with Crippen molar-refractivity contribution in [2.75, 3.05) is 19.7 Å². The van der Waals surface area contributed by atoms with Crippen LogP contribution in [0.2, 0.25) is 0 Å². The van der Waals surface area contributed by atoms with Crippen LogP contribution in [-0.2, 0) is 4.74 Å². The van der Waals surface area contributed by atoms with Crippen molar-refractivity contribution >= 4 is 0 Å². The second-order valence-electron chi connectivity index (χ2n) is 4.25. The van der Waals surface area contributed by atoms with Gasteiger partial charge in [-0.1, -0.05) is 45.4 Å². The third-order valence-electron chi connectivity index (χ3n) is 2.88. The smallest absolute Gasteiger partial charge is 0.0700 e. The molecule has 0 saturated carbocycles. The molecule has 0 spiro atoms. The van der Waals surface area contributed by atoms with E-state index in [1.807, 2.05) is 0 Å². The molecule has 1 unspecified atom stereocenters. The van der Waals surface area contributed by atoms with Gasteiger partial charge in [-0.2, -0.15) is 0 Å². The lowest BCUT2D eigenvalue weighted by atomic mass is 10.1. The lowest BCUT2D eigenvalue weighted by Crippen LogP contribution is -2.38. The largest absolute Gasteiger partial charge is 0.376 e. The summed E-state index contributed by atoms with van der Waals surface area (Å²) >= 11 is 0. The highest BCUT2D eigenvalue weighted by Gasteiger charge is 2.11. The molecule has 4 N–H and O–H groups in total. The van der Waals surface area contributed by atoms with Crippen molar-refractivity contribution in [1.29, 1.82) is 0 Å². The van der Waals surface area contributed by atoms with Crippen LogP contribution in [0.3, 0.4) is 0 Å². The van der Waals surface area contributed by atoms with Crippen LogP contribution in [-0.4, -0.2) is 25.8 Å². The molecule has 1 heterocycles. The summed E-state index contributed by atoms with van der Waals surface area (Å²) in [6, 6.07) is 0. The zero-order valence-corrected chi connectivity index (χ0v) is 10.3. The molecule has 1 atom stereocenters. The Kier molecular flexibility index (Phi) is 10.3. The number of ether oxygens (including phenoxy) is 1. The predicted octanol–water partition coefficient (Wildman–Crippen LogP) is 2.89. The highest BCUT2D eigenvalue weighted by molar-refractivity contribution is 4.66. The molecule has 1 fully saturated rings. The SMILES string of the molecule is CCCCCCCCC1CNCCO1.N. The van der Waals surface area contributed by atoms with Gasteiger partial charge in [-0.3, -0.25) is 0 Å². The molecule has 3 nitrogen and oxygen atoms in total. The van der Waals surface area contributed by atoms with E-state index in [1.165, 1.54) is 44.9 Å². The van der Waals surface area contributed by atoms with Gasteiger partial charge in [-0.05, 0) is 6.42 Å². The molecular formula is C12H28N2O. The number of hydrogen-bond donors (Lipinski definition) is 2. The summed E-state index contributed by atoms with van der Waals surface area (Å²) in [6.45, 7) is 5.27. The number of unbranched alkanes of at least 4 members (excludes halogenated alkanes) is 5. The lowest BCUT2D eigenvalue weighted by Gasteiger charge is -2.23. The fourth-order valence-corrected chi connectivity index (χ4v) is 1.96. The number of morpholine rings is 1. The van der Waals surface area contributed by atoms with Gasteiger partial charge in [-0.15, -0.1) is 0 Å². The minimum Gasteiger partial charge on any atom is -0.376 e. The van der Waals surface area contributed by atoms with Crippen LogP contribution in [0.15, 0.2) is 0 Å². The van der Waals surface area contributed by atoms with Crippen molar-refractivity contribution in [3.05, 3.63) is 0 Å². The van der Waals surface area contributed by atoms with E-state index in [4.69, 9.17) is 4.74 Å². The molecule has 0 amide bonds. The summed E-state index contributed by atoms with van der Waals surface area (Å²) in [7, 11) is 0. The van der Waals surface area contributed by atoms with Gasteiger partial charge in [0.15, 0.2) is 0 Å². The second kappa shape index (κ2) is 10.4. The fraction of sp³-hybridized carbons (Fsp3) is 1.00. The molecule has 1 saturated heterocycles. The first kappa shape index (κ1) is 14.9. The Bertz CT molecular complexity index is 125. The van der Waals surface area contributed by atoms with Crippen LogP contribution >= 0.6 is 0 Å². The third-order valence-corrected chi connectivity index (χ3v) is 2.88. The molecule has 3 heteroatoms. The summed E-state index contributed by atoms with van der Waals surface area (Å²) in [6.07, 6.45) is 10.1. The number of hydrogen-bond acceptors (Lipinski definition) is 3. The average molecular weight is 216 g/mol. The highest BCUT2D eigenvalue weighted by Crippen LogP contribution is 2.11. The first-order valence-electron chi connectivity index (χ1n) is 6.26. The summed E-state index contributed by atoms with van der Waals surface area (Å²) in [5, 5.41) is 3.37. The van der Waals surface area contributed by atoms with Gasteiger partial charge in [0.05, 0.1) is 12.7 Å². The maximum absolute atomic E-state index is 5.64.